The molecule has 0 aromatic heterocycles. The number of carbonyl (C=O) groups excluding carboxylic acids is 1. The quantitative estimate of drug-likeness (QED) is 0.799. The van der Waals surface area contributed by atoms with Crippen molar-refractivity contribution in [3.63, 3.8) is 0 Å². The molecule has 2 aromatic carbocycles. The van der Waals surface area contributed by atoms with Gasteiger partial charge in [-0.1, -0.05) is 60.7 Å². The van der Waals surface area contributed by atoms with E-state index >= 15 is 0 Å². The van der Waals surface area contributed by atoms with Crippen molar-refractivity contribution in [2.45, 2.75) is 5.92 Å². The molecule has 0 aliphatic heterocycles. The average Bonchev–Trinajstić information content (AvgIpc) is 2.41. The molecule has 1 amide bonds. The molecule has 2 aromatic rings. The molecule has 0 bridgehead atoms. The number of carbonyl (C=O) groups is 1. The fourth-order valence-electron chi connectivity index (χ4n) is 2.03. The summed E-state index contributed by atoms with van der Waals surface area (Å²) in [6.45, 7) is 0. The van der Waals surface area contributed by atoms with Gasteiger partial charge in [0.1, 0.15) is 0 Å². The van der Waals surface area contributed by atoms with Crippen LogP contribution in [0.15, 0.2) is 60.7 Å². The number of likely N-dealkylation sites (N-methyl/N-ethyl adjacent to an activating group) is 1. The number of benzene rings is 2. The van der Waals surface area contributed by atoms with Gasteiger partial charge in [-0.3, -0.25) is 4.79 Å². The van der Waals surface area contributed by atoms with Crippen LogP contribution in [-0.2, 0) is 24.3 Å². The molecule has 94 valence electrons. The number of hydrogen-bond donors (Lipinski definition) is 0. The maximum Gasteiger partial charge on any atom is 0.234 e. The monoisotopic (exact) mass is 303 g/mol. The standard InChI is InChI=1S/C16H17NO.Zn/c1-17(2)16(18)15(13-9-5-3-6-10-13)14-11-7-4-8-12-14;/h3-12,15H,1-2H3;. The van der Waals surface area contributed by atoms with E-state index in [1.807, 2.05) is 60.7 Å². The Kier molecular flexibility index (Phi) is 5.91. The average molecular weight is 305 g/mol. The van der Waals surface area contributed by atoms with E-state index in [1.54, 1.807) is 19.0 Å². The minimum Gasteiger partial charge on any atom is -0.348 e. The molecule has 0 aliphatic rings. The van der Waals surface area contributed by atoms with E-state index in [9.17, 15) is 4.79 Å². The molecule has 0 fully saturated rings. The van der Waals surface area contributed by atoms with E-state index in [-0.39, 0.29) is 31.3 Å². The largest absolute Gasteiger partial charge is 0.348 e. The van der Waals surface area contributed by atoms with Gasteiger partial charge < -0.3 is 4.90 Å². The second-order valence-electron chi connectivity index (χ2n) is 4.49. The van der Waals surface area contributed by atoms with Gasteiger partial charge in [0.25, 0.3) is 0 Å². The van der Waals surface area contributed by atoms with Crippen LogP contribution in [0.3, 0.4) is 0 Å². The van der Waals surface area contributed by atoms with Gasteiger partial charge >= 0.3 is 0 Å². The van der Waals surface area contributed by atoms with Crippen LogP contribution in [0.2, 0.25) is 0 Å². The summed E-state index contributed by atoms with van der Waals surface area (Å²) in [5, 5.41) is 0. The Morgan fingerprint density at radius 2 is 1.21 bits per heavy atom. The molecular weight excluding hydrogens is 288 g/mol. The van der Waals surface area contributed by atoms with Gasteiger partial charge in [-0.05, 0) is 11.1 Å². The second-order valence-corrected chi connectivity index (χ2v) is 4.49. The summed E-state index contributed by atoms with van der Waals surface area (Å²) in [7, 11) is 3.59. The summed E-state index contributed by atoms with van der Waals surface area (Å²) in [6.07, 6.45) is 0. The van der Waals surface area contributed by atoms with Crippen LogP contribution in [0.25, 0.3) is 0 Å². The predicted octanol–water partition coefficient (Wildman–Crippen LogP) is 2.90. The first-order valence-electron chi connectivity index (χ1n) is 6.01. The van der Waals surface area contributed by atoms with Crippen LogP contribution >= 0.6 is 0 Å². The number of rotatable bonds is 3. The molecule has 2 rings (SSSR count). The Labute approximate surface area is 127 Å². The second kappa shape index (κ2) is 7.20. The number of amides is 1. The molecule has 0 heterocycles. The van der Waals surface area contributed by atoms with Gasteiger partial charge in [0, 0.05) is 33.6 Å². The van der Waals surface area contributed by atoms with Gasteiger partial charge in [0.15, 0.2) is 0 Å². The minimum absolute atomic E-state index is 0. The third-order valence-electron chi connectivity index (χ3n) is 2.95. The Morgan fingerprint density at radius 3 is 1.53 bits per heavy atom. The van der Waals surface area contributed by atoms with E-state index in [4.69, 9.17) is 0 Å². The van der Waals surface area contributed by atoms with E-state index in [0.29, 0.717) is 0 Å². The van der Waals surface area contributed by atoms with Crippen LogP contribution in [-0.4, -0.2) is 24.9 Å². The van der Waals surface area contributed by atoms with E-state index < -0.39 is 0 Å². The maximum absolute atomic E-state index is 12.4. The molecular formula is C16H17NOZn. The van der Waals surface area contributed by atoms with Gasteiger partial charge in [0.05, 0.1) is 5.92 Å². The van der Waals surface area contributed by atoms with Gasteiger partial charge in [-0.15, -0.1) is 0 Å². The van der Waals surface area contributed by atoms with Crippen LogP contribution in [0, 0.1) is 0 Å². The zero-order valence-corrected chi connectivity index (χ0v) is 14.4. The van der Waals surface area contributed by atoms with Crippen molar-refractivity contribution in [3.05, 3.63) is 71.8 Å². The molecule has 0 unspecified atom stereocenters. The van der Waals surface area contributed by atoms with Crippen molar-refractivity contribution in [1.29, 1.82) is 0 Å². The van der Waals surface area contributed by atoms with Crippen LogP contribution in [0.4, 0.5) is 0 Å². The molecule has 0 saturated heterocycles. The summed E-state index contributed by atoms with van der Waals surface area (Å²) < 4.78 is 0. The Balaban J connectivity index is 0.00000180. The van der Waals surface area contributed by atoms with Crippen LogP contribution in [0.5, 0.6) is 0 Å². The van der Waals surface area contributed by atoms with Gasteiger partial charge in [-0.2, -0.15) is 0 Å². The Bertz CT molecular complexity index is 471. The molecule has 3 heteroatoms. The minimum atomic E-state index is -0.220. The Hall–Kier alpha value is -1.47. The maximum atomic E-state index is 12.4. The molecule has 0 spiro atoms. The first-order valence-corrected chi connectivity index (χ1v) is 6.01. The third-order valence-corrected chi connectivity index (χ3v) is 2.95. The van der Waals surface area contributed by atoms with E-state index in [1.165, 1.54) is 0 Å². The summed E-state index contributed by atoms with van der Waals surface area (Å²) in [5.41, 5.74) is 2.06. The first-order chi connectivity index (χ1) is 8.70. The smallest absolute Gasteiger partial charge is 0.234 e. The molecule has 0 N–H and O–H groups in total. The number of nitrogens with zero attached hydrogens (tertiary/aromatic N) is 1. The van der Waals surface area contributed by atoms with Crippen molar-refractivity contribution in [2.75, 3.05) is 14.1 Å². The number of hydrogen-bond acceptors (Lipinski definition) is 1. The summed E-state index contributed by atoms with van der Waals surface area (Å²) >= 11 is 0. The SMILES string of the molecule is CN(C)C(=O)C(c1ccccc1)c1ccccc1.[Zn]. The predicted molar refractivity (Wildman–Crippen MR) is 73.4 cm³/mol. The van der Waals surface area contributed by atoms with Gasteiger partial charge in [0.2, 0.25) is 5.91 Å². The van der Waals surface area contributed by atoms with Gasteiger partial charge in [-0.25, -0.2) is 0 Å². The molecule has 2 nitrogen and oxygen atoms in total. The zero-order valence-electron chi connectivity index (χ0n) is 11.4. The molecule has 0 aliphatic carbocycles. The van der Waals surface area contributed by atoms with Crippen molar-refractivity contribution < 1.29 is 24.3 Å². The summed E-state index contributed by atoms with van der Waals surface area (Å²) in [4.78, 5) is 14.0. The Morgan fingerprint density at radius 1 is 0.842 bits per heavy atom. The molecule has 0 radical (unpaired) electrons. The van der Waals surface area contributed by atoms with Crippen molar-refractivity contribution >= 4 is 5.91 Å². The van der Waals surface area contributed by atoms with Crippen molar-refractivity contribution in [2.24, 2.45) is 0 Å². The molecule has 19 heavy (non-hydrogen) atoms. The first kappa shape index (κ1) is 15.6. The molecule has 0 saturated carbocycles. The van der Waals surface area contributed by atoms with E-state index in [2.05, 4.69) is 0 Å². The fourth-order valence-corrected chi connectivity index (χ4v) is 2.03. The summed E-state index contributed by atoms with van der Waals surface area (Å²) in [6, 6.07) is 19.8. The van der Waals surface area contributed by atoms with Crippen molar-refractivity contribution in [3.8, 4) is 0 Å². The molecule has 0 atom stereocenters. The topological polar surface area (TPSA) is 20.3 Å². The normalized spacial score (nSPS) is 9.84. The summed E-state index contributed by atoms with van der Waals surface area (Å²) in [5.74, 6) is -0.116. The zero-order chi connectivity index (χ0) is 13.0. The fraction of sp³-hybridized carbons (Fsp3) is 0.188. The third kappa shape index (κ3) is 3.75. The van der Waals surface area contributed by atoms with E-state index in [0.717, 1.165) is 11.1 Å². The van der Waals surface area contributed by atoms with Crippen molar-refractivity contribution in [1.82, 2.24) is 4.90 Å². The van der Waals surface area contributed by atoms with Crippen LogP contribution < -0.4 is 0 Å². The van der Waals surface area contributed by atoms with Crippen LogP contribution in [0.1, 0.15) is 17.0 Å².